The smallest absolute Gasteiger partial charge is 0.155 e. The molecule has 30 heavy (non-hydrogen) atoms. The molecule has 6 rings (SSSR count). The van der Waals surface area contributed by atoms with Crippen molar-refractivity contribution in [3.05, 3.63) is 58.5 Å². The molecule has 2 aliphatic heterocycles. The minimum absolute atomic E-state index is 0.0275. The molecule has 0 amide bonds. The molecule has 6 nitrogen and oxygen atoms in total. The first-order valence-corrected chi connectivity index (χ1v) is 11.6. The molecule has 7 heteroatoms. The van der Waals surface area contributed by atoms with Gasteiger partial charge in [-0.25, -0.2) is 9.50 Å². The van der Waals surface area contributed by atoms with Crippen LogP contribution in [0.15, 0.2) is 36.0 Å². The Morgan fingerprint density at radius 3 is 2.93 bits per heavy atom. The largest absolute Gasteiger partial charge is 0.288 e. The van der Waals surface area contributed by atoms with Crippen LogP contribution >= 0.6 is 11.3 Å². The average Bonchev–Trinajstić information content (AvgIpc) is 3.47. The lowest BCUT2D eigenvalue weighted by molar-refractivity contribution is 0.165. The number of aromatic nitrogens is 5. The molecule has 0 aromatic carbocycles. The molecule has 2 atom stereocenters. The van der Waals surface area contributed by atoms with Gasteiger partial charge in [-0.2, -0.15) is 10.2 Å². The molecule has 1 fully saturated rings. The van der Waals surface area contributed by atoms with E-state index in [1.165, 1.54) is 34.5 Å². The van der Waals surface area contributed by atoms with E-state index in [1.807, 2.05) is 6.20 Å². The summed E-state index contributed by atoms with van der Waals surface area (Å²) in [5.74, 6) is 0. The van der Waals surface area contributed by atoms with Gasteiger partial charge in [-0.15, -0.1) is 11.3 Å². The van der Waals surface area contributed by atoms with Crippen molar-refractivity contribution >= 4 is 17.0 Å². The van der Waals surface area contributed by atoms with E-state index in [1.54, 1.807) is 11.3 Å². The maximum atomic E-state index is 4.96. The summed E-state index contributed by atoms with van der Waals surface area (Å²) in [5, 5.41) is 14.7. The second-order valence-electron chi connectivity index (χ2n) is 9.58. The first kappa shape index (κ1) is 18.3. The van der Waals surface area contributed by atoms with Crippen LogP contribution in [0.3, 0.4) is 0 Å². The van der Waals surface area contributed by atoms with E-state index in [4.69, 9.17) is 10.1 Å². The summed E-state index contributed by atoms with van der Waals surface area (Å²) in [7, 11) is 0. The number of hydrogen-bond donors (Lipinski definition) is 1. The Balaban J connectivity index is 1.37. The summed E-state index contributed by atoms with van der Waals surface area (Å²) < 4.78 is 2.12. The van der Waals surface area contributed by atoms with Crippen LogP contribution in [0.1, 0.15) is 62.2 Å². The highest BCUT2D eigenvalue weighted by Crippen LogP contribution is 2.45. The van der Waals surface area contributed by atoms with Crippen LogP contribution in [0, 0.1) is 0 Å². The molecule has 6 heterocycles. The minimum atomic E-state index is 0.0275. The van der Waals surface area contributed by atoms with Crippen molar-refractivity contribution in [1.82, 2.24) is 29.7 Å². The van der Waals surface area contributed by atoms with Gasteiger partial charge in [0.2, 0.25) is 0 Å². The van der Waals surface area contributed by atoms with Crippen molar-refractivity contribution in [3.63, 3.8) is 0 Å². The lowest BCUT2D eigenvalue weighted by atomic mass is 9.93. The van der Waals surface area contributed by atoms with Crippen molar-refractivity contribution in [3.8, 4) is 10.6 Å². The number of nitrogens with one attached hydrogen (secondary N) is 1. The summed E-state index contributed by atoms with van der Waals surface area (Å²) in [6, 6.07) is 7.35. The third kappa shape index (κ3) is 2.76. The van der Waals surface area contributed by atoms with Gasteiger partial charge >= 0.3 is 0 Å². The predicted octanol–water partition coefficient (Wildman–Crippen LogP) is 4.74. The Hall–Kier alpha value is -2.51. The van der Waals surface area contributed by atoms with Gasteiger partial charge in [0.05, 0.1) is 28.2 Å². The SMILES string of the molecule is CC(C)(C)c1cc2ncc3c(n2n1)CC1CCC3N1Cc1cn[nH]c1-c1cccs1. The lowest BCUT2D eigenvalue weighted by Crippen LogP contribution is -2.38. The molecule has 0 aliphatic carbocycles. The van der Waals surface area contributed by atoms with E-state index in [-0.39, 0.29) is 5.41 Å². The third-order valence-corrected chi connectivity index (χ3v) is 7.54. The van der Waals surface area contributed by atoms with Gasteiger partial charge < -0.3 is 0 Å². The lowest BCUT2D eigenvalue weighted by Gasteiger charge is -2.36. The van der Waals surface area contributed by atoms with Gasteiger partial charge in [-0.3, -0.25) is 10.00 Å². The molecule has 0 saturated carbocycles. The summed E-state index contributed by atoms with van der Waals surface area (Å²) in [4.78, 5) is 8.70. The van der Waals surface area contributed by atoms with Crippen LogP contribution in [0.25, 0.3) is 16.2 Å². The molecule has 0 spiro atoms. The monoisotopic (exact) mass is 418 g/mol. The van der Waals surface area contributed by atoms with Gasteiger partial charge in [-0.05, 0) is 24.3 Å². The zero-order chi connectivity index (χ0) is 20.5. The molecule has 2 unspecified atom stereocenters. The Labute approximate surface area is 180 Å². The third-order valence-electron chi connectivity index (χ3n) is 6.65. The number of aromatic amines is 1. The first-order valence-electron chi connectivity index (χ1n) is 10.7. The number of hydrogen-bond acceptors (Lipinski definition) is 5. The van der Waals surface area contributed by atoms with E-state index in [2.05, 4.69) is 70.2 Å². The molecule has 4 aromatic heterocycles. The fraction of sp³-hybridized carbons (Fsp3) is 0.435. The number of H-pyrrole nitrogens is 1. The van der Waals surface area contributed by atoms with Crippen molar-refractivity contribution in [2.45, 2.75) is 64.1 Å². The molecule has 0 radical (unpaired) electrons. The van der Waals surface area contributed by atoms with Crippen LogP contribution in [-0.4, -0.2) is 35.7 Å². The molecule has 1 saturated heterocycles. The van der Waals surface area contributed by atoms with Crippen LogP contribution in [-0.2, 0) is 18.4 Å². The second-order valence-corrected chi connectivity index (χ2v) is 10.5. The molecular formula is C23H26N6S. The number of thiophene rings is 1. The number of fused-ring (bicyclic) bond motifs is 6. The van der Waals surface area contributed by atoms with Gasteiger partial charge in [0.15, 0.2) is 5.65 Å². The Kier molecular flexibility index (Phi) is 3.95. The van der Waals surface area contributed by atoms with Gasteiger partial charge in [0, 0.05) is 53.9 Å². The number of nitrogens with zero attached hydrogens (tertiary/aromatic N) is 5. The summed E-state index contributed by atoms with van der Waals surface area (Å²) in [6.45, 7) is 7.55. The minimum Gasteiger partial charge on any atom is -0.288 e. The van der Waals surface area contributed by atoms with Crippen LogP contribution < -0.4 is 0 Å². The highest BCUT2D eigenvalue weighted by atomic mass is 32.1. The predicted molar refractivity (Wildman–Crippen MR) is 119 cm³/mol. The zero-order valence-electron chi connectivity index (χ0n) is 17.6. The van der Waals surface area contributed by atoms with Crippen LogP contribution in [0.4, 0.5) is 0 Å². The van der Waals surface area contributed by atoms with E-state index in [0.29, 0.717) is 12.1 Å². The fourth-order valence-corrected chi connectivity index (χ4v) is 5.81. The summed E-state index contributed by atoms with van der Waals surface area (Å²) in [6.07, 6.45) is 7.54. The first-order chi connectivity index (χ1) is 14.5. The molecule has 4 aromatic rings. The summed E-state index contributed by atoms with van der Waals surface area (Å²) >= 11 is 1.76. The van der Waals surface area contributed by atoms with Crippen molar-refractivity contribution in [1.29, 1.82) is 0 Å². The Bertz CT molecular complexity index is 1210. The molecule has 2 aliphatic rings. The number of rotatable bonds is 3. The molecule has 2 bridgehead atoms. The summed E-state index contributed by atoms with van der Waals surface area (Å²) in [5.41, 5.74) is 7.25. The highest BCUT2D eigenvalue weighted by Gasteiger charge is 2.41. The van der Waals surface area contributed by atoms with E-state index >= 15 is 0 Å². The fourth-order valence-electron chi connectivity index (χ4n) is 5.06. The van der Waals surface area contributed by atoms with E-state index < -0.39 is 0 Å². The zero-order valence-corrected chi connectivity index (χ0v) is 18.4. The van der Waals surface area contributed by atoms with Gasteiger partial charge in [0.25, 0.3) is 0 Å². The maximum absolute atomic E-state index is 4.96. The molecule has 154 valence electrons. The maximum Gasteiger partial charge on any atom is 0.155 e. The molecule has 1 N–H and O–H groups in total. The van der Waals surface area contributed by atoms with Crippen molar-refractivity contribution < 1.29 is 0 Å². The molecular weight excluding hydrogens is 392 g/mol. The van der Waals surface area contributed by atoms with Crippen molar-refractivity contribution in [2.24, 2.45) is 0 Å². The second kappa shape index (κ2) is 6.49. The van der Waals surface area contributed by atoms with Crippen LogP contribution in [0.5, 0.6) is 0 Å². The van der Waals surface area contributed by atoms with Gasteiger partial charge in [-0.1, -0.05) is 26.8 Å². The van der Waals surface area contributed by atoms with Crippen molar-refractivity contribution in [2.75, 3.05) is 0 Å². The van der Waals surface area contributed by atoms with Gasteiger partial charge in [0.1, 0.15) is 0 Å². The van der Waals surface area contributed by atoms with Crippen LogP contribution in [0.2, 0.25) is 0 Å². The Morgan fingerprint density at radius 2 is 2.13 bits per heavy atom. The standard InChI is InChI=1S/C23H26N6S/c1-23(2,3)20-10-21-24-12-16-17-7-6-15(9-18(16)29(21)27-20)28(17)13-14-11-25-26-22(14)19-5-4-8-30-19/h4-5,8,10-12,15,17H,6-7,9,13H2,1-3H3,(H,25,26). The van der Waals surface area contributed by atoms with E-state index in [0.717, 1.165) is 30.0 Å². The topological polar surface area (TPSA) is 62.1 Å². The Morgan fingerprint density at radius 1 is 1.23 bits per heavy atom. The highest BCUT2D eigenvalue weighted by molar-refractivity contribution is 7.13. The average molecular weight is 419 g/mol. The normalized spacial score (nSPS) is 21.4. The van der Waals surface area contributed by atoms with E-state index in [9.17, 15) is 0 Å². The quantitative estimate of drug-likeness (QED) is 0.522.